The summed E-state index contributed by atoms with van der Waals surface area (Å²) in [6.07, 6.45) is 6.25. The molecule has 0 aromatic rings. The molecule has 2 atom stereocenters. The zero-order valence-electron chi connectivity index (χ0n) is 12.4. The van der Waals surface area contributed by atoms with E-state index < -0.39 is 0 Å². The van der Waals surface area contributed by atoms with E-state index in [1.165, 1.54) is 32.1 Å². The van der Waals surface area contributed by atoms with Gasteiger partial charge in [-0.2, -0.15) is 0 Å². The van der Waals surface area contributed by atoms with Gasteiger partial charge in [-0.15, -0.1) is 0 Å². The molecule has 3 heteroatoms. The first-order chi connectivity index (χ1) is 8.44. The van der Waals surface area contributed by atoms with Crippen LogP contribution in [0.15, 0.2) is 0 Å². The van der Waals surface area contributed by atoms with Gasteiger partial charge in [0.15, 0.2) is 0 Å². The van der Waals surface area contributed by atoms with Gasteiger partial charge in [-0.3, -0.25) is 0 Å². The molecule has 1 aliphatic carbocycles. The molecule has 18 heavy (non-hydrogen) atoms. The molecule has 0 radical (unpaired) electrons. The number of hydrogen-bond donors (Lipinski definition) is 1. The average Bonchev–Trinajstić information content (AvgIpc) is 2.27. The SMILES string of the molecule is CNC(COC(C)(C)C)C1CCOC2(CCC2)C1. The fourth-order valence-electron chi connectivity index (χ4n) is 3.12. The highest BCUT2D eigenvalue weighted by Gasteiger charge is 2.44. The molecule has 3 nitrogen and oxygen atoms in total. The van der Waals surface area contributed by atoms with Gasteiger partial charge in [0.25, 0.3) is 0 Å². The fraction of sp³-hybridized carbons (Fsp3) is 1.00. The Bertz CT molecular complexity index is 268. The summed E-state index contributed by atoms with van der Waals surface area (Å²) in [4.78, 5) is 0. The Kier molecular flexibility index (Phi) is 4.35. The van der Waals surface area contributed by atoms with E-state index >= 15 is 0 Å². The van der Waals surface area contributed by atoms with E-state index in [-0.39, 0.29) is 11.2 Å². The molecular formula is C15H29NO2. The third-order valence-electron chi connectivity index (χ3n) is 4.43. The molecular weight excluding hydrogens is 226 g/mol. The van der Waals surface area contributed by atoms with Crippen LogP contribution in [0.25, 0.3) is 0 Å². The van der Waals surface area contributed by atoms with Crippen molar-refractivity contribution in [3.05, 3.63) is 0 Å². The molecule has 2 aliphatic rings. The van der Waals surface area contributed by atoms with Gasteiger partial charge in [0.1, 0.15) is 0 Å². The molecule has 0 bridgehead atoms. The third kappa shape index (κ3) is 3.46. The van der Waals surface area contributed by atoms with E-state index in [0.29, 0.717) is 12.0 Å². The standard InChI is InChI=1S/C15H29NO2/c1-14(2,3)18-11-13(16-4)12-6-9-17-15(10-12)7-5-8-15/h12-13,16H,5-11H2,1-4H3. The molecule has 1 aliphatic heterocycles. The summed E-state index contributed by atoms with van der Waals surface area (Å²) in [5.41, 5.74) is 0.189. The number of rotatable bonds is 4. The lowest BCUT2D eigenvalue weighted by Gasteiger charge is -2.48. The molecule has 106 valence electrons. The molecule has 0 aromatic carbocycles. The molecule has 2 fully saturated rings. The third-order valence-corrected chi connectivity index (χ3v) is 4.43. The Morgan fingerprint density at radius 3 is 2.61 bits per heavy atom. The molecule has 1 spiro atoms. The van der Waals surface area contributed by atoms with E-state index in [1.807, 2.05) is 0 Å². The Morgan fingerprint density at radius 2 is 2.11 bits per heavy atom. The summed E-state index contributed by atoms with van der Waals surface area (Å²) < 4.78 is 12.0. The second-order valence-electron chi connectivity index (χ2n) is 6.96. The highest BCUT2D eigenvalue weighted by molar-refractivity contribution is 4.96. The lowest BCUT2D eigenvalue weighted by atomic mass is 9.70. The first-order valence-corrected chi connectivity index (χ1v) is 7.39. The molecule has 0 aromatic heterocycles. The fourth-order valence-corrected chi connectivity index (χ4v) is 3.12. The van der Waals surface area contributed by atoms with Crippen LogP contribution in [0.3, 0.4) is 0 Å². The van der Waals surface area contributed by atoms with Crippen molar-refractivity contribution in [2.24, 2.45) is 5.92 Å². The molecule has 1 N–H and O–H groups in total. The van der Waals surface area contributed by atoms with Crippen molar-refractivity contribution in [2.45, 2.75) is 70.1 Å². The molecule has 1 saturated carbocycles. The van der Waals surface area contributed by atoms with Crippen molar-refractivity contribution in [1.29, 1.82) is 0 Å². The number of hydrogen-bond acceptors (Lipinski definition) is 3. The van der Waals surface area contributed by atoms with Gasteiger partial charge in [-0.25, -0.2) is 0 Å². The minimum absolute atomic E-state index is 0.0472. The van der Waals surface area contributed by atoms with Crippen molar-refractivity contribution in [2.75, 3.05) is 20.3 Å². The van der Waals surface area contributed by atoms with E-state index in [0.717, 1.165) is 13.2 Å². The minimum Gasteiger partial charge on any atom is -0.375 e. The summed E-state index contributed by atoms with van der Waals surface area (Å²) in [6, 6.07) is 0.464. The van der Waals surface area contributed by atoms with Crippen LogP contribution < -0.4 is 5.32 Å². The average molecular weight is 255 g/mol. The summed E-state index contributed by atoms with van der Waals surface area (Å²) in [6.45, 7) is 8.10. The van der Waals surface area contributed by atoms with E-state index in [9.17, 15) is 0 Å². The smallest absolute Gasteiger partial charge is 0.0685 e. The Balaban J connectivity index is 1.87. The zero-order chi connectivity index (χ0) is 13.2. The first-order valence-electron chi connectivity index (χ1n) is 7.39. The first kappa shape index (κ1) is 14.3. The van der Waals surface area contributed by atoms with Crippen LogP contribution in [0, 0.1) is 5.92 Å². The highest BCUT2D eigenvalue weighted by atomic mass is 16.5. The number of ether oxygens (including phenoxy) is 2. The van der Waals surface area contributed by atoms with E-state index in [2.05, 4.69) is 33.1 Å². The lowest BCUT2D eigenvalue weighted by molar-refractivity contribution is -0.151. The topological polar surface area (TPSA) is 30.5 Å². The molecule has 0 amide bonds. The Labute approximate surface area is 112 Å². The van der Waals surface area contributed by atoms with Gasteiger partial charge in [0, 0.05) is 12.6 Å². The van der Waals surface area contributed by atoms with Crippen molar-refractivity contribution < 1.29 is 9.47 Å². The maximum Gasteiger partial charge on any atom is 0.0685 e. The van der Waals surface area contributed by atoms with Gasteiger partial charge in [0.2, 0.25) is 0 Å². The van der Waals surface area contributed by atoms with Crippen LogP contribution in [0.1, 0.15) is 52.9 Å². The second kappa shape index (κ2) is 5.48. The van der Waals surface area contributed by atoms with Crippen molar-refractivity contribution >= 4 is 0 Å². The normalized spacial score (nSPS) is 29.0. The van der Waals surface area contributed by atoms with Gasteiger partial charge in [-0.1, -0.05) is 0 Å². The second-order valence-corrected chi connectivity index (χ2v) is 6.96. The maximum atomic E-state index is 6.00. The Hall–Kier alpha value is -0.120. The highest BCUT2D eigenvalue weighted by Crippen LogP contribution is 2.45. The van der Waals surface area contributed by atoms with Crippen LogP contribution in [-0.4, -0.2) is 37.5 Å². The predicted molar refractivity (Wildman–Crippen MR) is 73.8 cm³/mol. The lowest BCUT2D eigenvalue weighted by Crippen LogP contribution is -2.51. The maximum absolute atomic E-state index is 6.00. The number of likely N-dealkylation sites (N-methyl/N-ethyl adjacent to an activating group) is 1. The van der Waals surface area contributed by atoms with Crippen molar-refractivity contribution in [3.63, 3.8) is 0 Å². The van der Waals surface area contributed by atoms with Gasteiger partial charge < -0.3 is 14.8 Å². The summed E-state index contributed by atoms with van der Waals surface area (Å²) in [5, 5.41) is 3.45. The number of nitrogens with one attached hydrogen (secondary N) is 1. The van der Waals surface area contributed by atoms with E-state index in [4.69, 9.17) is 9.47 Å². The summed E-state index contributed by atoms with van der Waals surface area (Å²) >= 11 is 0. The molecule has 1 heterocycles. The Morgan fingerprint density at radius 1 is 1.39 bits per heavy atom. The molecule has 1 saturated heterocycles. The van der Waals surface area contributed by atoms with Gasteiger partial charge >= 0.3 is 0 Å². The van der Waals surface area contributed by atoms with Crippen LogP contribution in [-0.2, 0) is 9.47 Å². The predicted octanol–water partition coefficient (Wildman–Crippen LogP) is 2.74. The van der Waals surface area contributed by atoms with Crippen LogP contribution in [0.5, 0.6) is 0 Å². The molecule has 2 rings (SSSR count). The van der Waals surface area contributed by atoms with Crippen LogP contribution >= 0.6 is 0 Å². The molecule has 2 unspecified atom stereocenters. The van der Waals surface area contributed by atoms with Crippen LogP contribution in [0.4, 0.5) is 0 Å². The quantitative estimate of drug-likeness (QED) is 0.838. The summed E-state index contributed by atoms with van der Waals surface area (Å²) in [7, 11) is 2.06. The van der Waals surface area contributed by atoms with Crippen molar-refractivity contribution in [3.8, 4) is 0 Å². The van der Waals surface area contributed by atoms with Crippen LogP contribution in [0.2, 0.25) is 0 Å². The largest absolute Gasteiger partial charge is 0.375 e. The monoisotopic (exact) mass is 255 g/mol. The van der Waals surface area contributed by atoms with Gasteiger partial charge in [-0.05, 0) is 65.8 Å². The minimum atomic E-state index is -0.0472. The summed E-state index contributed by atoms with van der Waals surface area (Å²) in [5.74, 6) is 0.700. The van der Waals surface area contributed by atoms with E-state index in [1.54, 1.807) is 0 Å². The van der Waals surface area contributed by atoms with Crippen molar-refractivity contribution in [1.82, 2.24) is 5.32 Å². The zero-order valence-corrected chi connectivity index (χ0v) is 12.4. The van der Waals surface area contributed by atoms with Gasteiger partial charge in [0.05, 0.1) is 17.8 Å².